The SMILES string of the molecule is COC(=O)C1CCN(C[C@H](O)COc2cccc(CNCCCn3cccn3)c2)CC1. The number of aliphatic hydroxyl groups excluding tert-OH is 1. The fourth-order valence-electron chi connectivity index (χ4n) is 3.84. The van der Waals surface area contributed by atoms with E-state index in [0.717, 1.165) is 63.3 Å². The van der Waals surface area contributed by atoms with Gasteiger partial charge in [0.1, 0.15) is 18.5 Å². The van der Waals surface area contributed by atoms with Gasteiger partial charge in [0.15, 0.2) is 0 Å². The van der Waals surface area contributed by atoms with Gasteiger partial charge in [0.05, 0.1) is 13.0 Å². The summed E-state index contributed by atoms with van der Waals surface area (Å²) < 4.78 is 12.6. The number of carbonyl (C=O) groups excluding carboxylic acids is 1. The number of aryl methyl sites for hydroxylation is 1. The third-order valence-corrected chi connectivity index (χ3v) is 5.56. The molecule has 1 saturated heterocycles. The average Bonchev–Trinajstić information content (AvgIpc) is 3.31. The van der Waals surface area contributed by atoms with Crippen LogP contribution in [0.5, 0.6) is 5.75 Å². The Morgan fingerprint density at radius 2 is 2.16 bits per heavy atom. The molecule has 3 rings (SSSR count). The first kappa shape index (κ1) is 23.2. The number of aliphatic hydroxyl groups is 1. The minimum atomic E-state index is -0.571. The Balaban J connectivity index is 1.31. The fraction of sp³-hybridized carbons (Fsp3) is 0.565. The number of hydrogen-bond donors (Lipinski definition) is 2. The van der Waals surface area contributed by atoms with E-state index in [1.54, 1.807) is 6.20 Å². The molecule has 1 fully saturated rings. The number of nitrogens with zero attached hydrogens (tertiary/aromatic N) is 3. The van der Waals surface area contributed by atoms with Gasteiger partial charge >= 0.3 is 5.97 Å². The van der Waals surface area contributed by atoms with Gasteiger partial charge in [0, 0.05) is 32.0 Å². The highest BCUT2D eigenvalue weighted by molar-refractivity contribution is 5.72. The molecular weight excluding hydrogens is 396 g/mol. The van der Waals surface area contributed by atoms with Crippen LogP contribution in [-0.2, 0) is 22.6 Å². The molecule has 170 valence electrons. The van der Waals surface area contributed by atoms with Crippen molar-refractivity contribution < 1.29 is 19.4 Å². The molecule has 0 radical (unpaired) electrons. The van der Waals surface area contributed by atoms with Crippen LogP contribution in [0.3, 0.4) is 0 Å². The summed E-state index contributed by atoms with van der Waals surface area (Å²) in [6.45, 7) is 4.96. The molecule has 2 N–H and O–H groups in total. The molecule has 0 saturated carbocycles. The van der Waals surface area contributed by atoms with Gasteiger partial charge in [-0.3, -0.25) is 9.48 Å². The molecule has 0 unspecified atom stereocenters. The van der Waals surface area contributed by atoms with Crippen LogP contribution < -0.4 is 10.1 Å². The van der Waals surface area contributed by atoms with Crippen molar-refractivity contribution in [3.63, 3.8) is 0 Å². The molecule has 8 nitrogen and oxygen atoms in total. The summed E-state index contributed by atoms with van der Waals surface area (Å²) in [4.78, 5) is 13.8. The third-order valence-electron chi connectivity index (χ3n) is 5.56. The number of likely N-dealkylation sites (tertiary alicyclic amines) is 1. The molecule has 2 aromatic rings. The zero-order valence-electron chi connectivity index (χ0n) is 18.3. The summed E-state index contributed by atoms with van der Waals surface area (Å²) in [6, 6.07) is 9.89. The Kier molecular flexibility index (Phi) is 9.33. The standard InChI is InChI=1S/C23H34N4O4/c1-30-23(29)20-7-13-26(14-8-20)17-21(28)18-31-22-6-2-5-19(15-22)16-24-9-3-11-27-12-4-10-25-27/h2,4-6,10,12,15,20-21,24,28H,3,7-9,11,13-14,16-18H2,1H3/t21-/m0/s1. The Morgan fingerprint density at radius 3 is 2.90 bits per heavy atom. The lowest BCUT2D eigenvalue weighted by Gasteiger charge is -2.31. The largest absolute Gasteiger partial charge is 0.491 e. The van der Waals surface area contributed by atoms with Crippen LogP contribution in [-0.4, -0.2) is 71.8 Å². The van der Waals surface area contributed by atoms with Crippen molar-refractivity contribution in [1.82, 2.24) is 20.0 Å². The lowest BCUT2D eigenvalue weighted by Crippen LogP contribution is -2.42. The monoisotopic (exact) mass is 430 g/mol. The van der Waals surface area contributed by atoms with Crippen molar-refractivity contribution in [1.29, 1.82) is 0 Å². The molecule has 0 spiro atoms. The van der Waals surface area contributed by atoms with E-state index in [4.69, 9.17) is 9.47 Å². The van der Waals surface area contributed by atoms with Gasteiger partial charge < -0.3 is 24.8 Å². The Hall–Kier alpha value is -2.42. The number of benzene rings is 1. The van der Waals surface area contributed by atoms with Crippen molar-refractivity contribution in [3.8, 4) is 5.75 Å². The van der Waals surface area contributed by atoms with Crippen LogP contribution in [0.4, 0.5) is 0 Å². The van der Waals surface area contributed by atoms with E-state index in [2.05, 4.69) is 21.4 Å². The maximum absolute atomic E-state index is 11.6. The van der Waals surface area contributed by atoms with E-state index in [1.165, 1.54) is 7.11 Å². The zero-order chi connectivity index (χ0) is 21.9. The minimum absolute atomic E-state index is 0.0171. The number of esters is 1. The van der Waals surface area contributed by atoms with Gasteiger partial charge in [-0.25, -0.2) is 0 Å². The number of hydrogen-bond acceptors (Lipinski definition) is 7. The zero-order valence-corrected chi connectivity index (χ0v) is 18.3. The quantitative estimate of drug-likeness (QED) is 0.391. The number of ether oxygens (including phenoxy) is 2. The van der Waals surface area contributed by atoms with Crippen LogP contribution in [0.25, 0.3) is 0 Å². The third kappa shape index (κ3) is 7.97. The van der Waals surface area contributed by atoms with Crippen LogP contribution >= 0.6 is 0 Å². The maximum Gasteiger partial charge on any atom is 0.308 e. The minimum Gasteiger partial charge on any atom is -0.491 e. The first-order valence-electron chi connectivity index (χ1n) is 11.0. The molecule has 1 aliphatic rings. The highest BCUT2D eigenvalue weighted by Crippen LogP contribution is 2.19. The van der Waals surface area contributed by atoms with E-state index in [1.807, 2.05) is 35.1 Å². The second-order valence-electron chi connectivity index (χ2n) is 8.01. The topological polar surface area (TPSA) is 88.9 Å². The molecule has 1 aliphatic heterocycles. The van der Waals surface area contributed by atoms with E-state index in [9.17, 15) is 9.90 Å². The van der Waals surface area contributed by atoms with Gasteiger partial charge in [-0.2, -0.15) is 5.10 Å². The molecule has 0 amide bonds. The molecule has 2 heterocycles. The first-order chi connectivity index (χ1) is 15.1. The molecule has 1 atom stereocenters. The predicted octanol–water partition coefficient (Wildman–Crippen LogP) is 1.69. The number of rotatable bonds is 12. The van der Waals surface area contributed by atoms with Crippen molar-refractivity contribution in [2.75, 3.05) is 39.9 Å². The fourth-order valence-corrected chi connectivity index (χ4v) is 3.84. The molecule has 31 heavy (non-hydrogen) atoms. The van der Waals surface area contributed by atoms with Crippen molar-refractivity contribution in [2.45, 2.75) is 38.5 Å². The molecule has 8 heteroatoms. The average molecular weight is 431 g/mol. The van der Waals surface area contributed by atoms with Gasteiger partial charge in [-0.05, 0) is 62.7 Å². The summed E-state index contributed by atoms with van der Waals surface area (Å²) in [5.74, 6) is 0.617. The summed E-state index contributed by atoms with van der Waals surface area (Å²) in [6.07, 6.45) is 5.76. The van der Waals surface area contributed by atoms with E-state index in [-0.39, 0.29) is 18.5 Å². The molecule has 0 aliphatic carbocycles. The lowest BCUT2D eigenvalue weighted by molar-refractivity contribution is -0.147. The smallest absolute Gasteiger partial charge is 0.308 e. The van der Waals surface area contributed by atoms with E-state index in [0.29, 0.717) is 6.54 Å². The van der Waals surface area contributed by atoms with Crippen molar-refractivity contribution in [2.24, 2.45) is 5.92 Å². The van der Waals surface area contributed by atoms with Gasteiger partial charge in [0.25, 0.3) is 0 Å². The summed E-state index contributed by atoms with van der Waals surface area (Å²) in [7, 11) is 1.43. The van der Waals surface area contributed by atoms with Crippen LogP contribution in [0.1, 0.15) is 24.8 Å². The first-order valence-corrected chi connectivity index (χ1v) is 11.0. The van der Waals surface area contributed by atoms with E-state index >= 15 is 0 Å². The molecular formula is C23H34N4O4. The number of carbonyl (C=O) groups is 1. The number of methoxy groups -OCH3 is 1. The van der Waals surface area contributed by atoms with Crippen LogP contribution in [0.2, 0.25) is 0 Å². The second kappa shape index (κ2) is 12.4. The number of piperidine rings is 1. The lowest BCUT2D eigenvalue weighted by atomic mass is 9.97. The number of β-amino-alcohol motifs (C(OH)–C–C–N with tert-alkyl or cyclic N) is 1. The van der Waals surface area contributed by atoms with Gasteiger partial charge in [-0.15, -0.1) is 0 Å². The summed E-state index contributed by atoms with van der Waals surface area (Å²) in [5.41, 5.74) is 1.15. The molecule has 0 bridgehead atoms. The Morgan fingerprint density at radius 1 is 1.32 bits per heavy atom. The highest BCUT2D eigenvalue weighted by atomic mass is 16.5. The molecule has 1 aromatic carbocycles. The van der Waals surface area contributed by atoms with E-state index < -0.39 is 6.10 Å². The van der Waals surface area contributed by atoms with Gasteiger partial charge in [-0.1, -0.05) is 12.1 Å². The summed E-state index contributed by atoms with van der Waals surface area (Å²) in [5, 5.41) is 18.0. The van der Waals surface area contributed by atoms with Crippen LogP contribution in [0.15, 0.2) is 42.7 Å². The normalized spacial score (nSPS) is 16.2. The summed E-state index contributed by atoms with van der Waals surface area (Å²) >= 11 is 0. The van der Waals surface area contributed by atoms with Crippen LogP contribution in [0, 0.1) is 5.92 Å². The second-order valence-corrected chi connectivity index (χ2v) is 8.01. The van der Waals surface area contributed by atoms with Crippen molar-refractivity contribution in [3.05, 3.63) is 48.3 Å². The number of nitrogens with one attached hydrogen (secondary N) is 1. The highest BCUT2D eigenvalue weighted by Gasteiger charge is 2.26. The Bertz CT molecular complexity index is 776. The predicted molar refractivity (Wildman–Crippen MR) is 118 cm³/mol. The maximum atomic E-state index is 11.6. The Labute approximate surface area is 184 Å². The van der Waals surface area contributed by atoms with Gasteiger partial charge in [0.2, 0.25) is 0 Å². The molecule has 1 aromatic heterocycles. The number of aromatic nitrogens is 2. The van der Waals surface area contributed by atoms with Crippen molar-refractivity contribution >= 4 is 5.97 Å².